The Bertz CT molecular complexity index is 2980. The lowest BCUT2D eigenvalue weighted by atomic mass is 9.67. The van der Waals surface area contributed by atoms with Crippen molar-refractivity contribution in [2.75, 3.05) is 4.90 Å². The monoisotopic (exact) mass is 729 g/mol. The van der Waals surface area contributed by atoms with Crippen LogP contribution in [0.2, 0.25) is 0 Å². The molecule has 0 saturated heterocycles. The van der Waals surface area contributed by atoms with Crippen LogP contribution in [0.3, 0.4) is 0 Å². The molecule has 2 atom stereocenters. The van der Waals surface area contributed by atoms with E-state index in [4.69, 9.17) is 4.42 Å². The molecule has 12 rings (SSSR count). The van der Waals surface area contributed by atoms with Gasteiger partial charge in [0.1, 0.15) is 11.5 Å². The van der Waals surface area contributed by atoms with Gasteiger partial charge in [0.05, 0.1) is 5.41 Å². The fourth-order valence-electron chi connectivity index (χ4n) is 10.8. The molecule has 8 aromatic rings. The van der Waals surface area contributed by atoms with E-state index in [1.54, 1.807) is 0 Å². The molecule has 0 aliphatic heterocycles. The summed E-state index contributed by atoms with van der Waals surface area (Å²) in [5.41, 5.74) is 19.5. The van der Waals surface area contributed by atoms with Crippen molar-refractivity contribution in [1.82, 2.24) is 0 Å². The molecule has 1 heterocycles. The molecule has 0 fully saturated rings. The maximum Gasteiger partial charge on any atom is 0.142 e. The fraction of sp³-hybridized carbons (Fsp3) is 0.0909. The third-order valence-corrected chi connectivity index (χ3v) is 13.2. The molecule has 2 heteroatoms. The van der Waals surface area contributed by atoms with Crippen molar-refractivity contribution in [1.29, 1.82) is 0 Å². The van der Waals surface area contributed by atoms with E-state index in [2.05, 4.69) is 213 Å². The number of benzene rings is 7. The van der Waals surface area contributed by atoms with Crippen molar-refractivity contribution < 1.29 is 4.42 Å². The van der Waals surface area contributed by atoms with Gasteiger partial charge < -0.3 is 9.32 Å². The van der Waals surface area contributed by atoms with E-state index in [1.807, 2.05) is 0 Å². The second-order valence-corrected chi connectivity index (χ2v) is 16.4. The second-order valence-electron chi connectivity index (χ2n) is 16.4. The summed E-state index contributed by atoms with van der Waals surface area (Å²) in [5, 5.41) is 0. The van der Waals surface area contributed by atoms with Gasteiger partial charge in [0, 0.05) is 50.7 Å². The lowest BCUT2D eigenvalue weighted by Gasteiger charge is -2.34. The lowest BCUT2D eigenvalue weighted by molar-refractivity contribution is 0.547. The Kier molecular flexibility index (Phi) is 6.70. The summed E-state index contributed by atoms with van der Waals surface area (Å²) >= 11 is 0. The Morgan fingerprint density at radius 3 is 1.72 bits per heavy atom. The molecule has 2 nitrogen and oxygen atoms in total. The predicted octanol–water partition coefficient (Wildman–Crippen LogP) is 14.0. The molecule has 1 spiro atoms. The van der Waals surface area contributed by atoms with Gasteiger partial charge in [-0.05, 0) is 80.4 Å². The summed E-state index contributed by atoms with van der Waals surface area (Å²) in [7, 11) is 0. The van der Waals surface area contributed by atoms with E-state index in [1.165, 1.54) is 72.6 Å². The highest BCUT2D eigenvalue weighted by atomic mass is 16.3. The molecule has 0 amide bonds. The minimum Gasteiger partial charge on any atom is -0.455 e. The Morgan fingerprint density at radius 1 is 0.474 bits per heavy atom. The third-order valence-electron chi connectivity index (χ3n) is 13.2. The van der Waals surface area contributed by atoms with Gasteiger partial charge in [-0.25, -0.2) is 0 Å². The summed E-state index contributed by atoms with van der Waals surface area (Å²) in [6.07, 6.45) is 5.03. The fourth-order valence-corrected chi connectivity index (χ4v) is 10.8. The van der Waals surface area contributed by atoms with Gasteiger partial charge in [-0.2, -0.15) is 0 Å². The topological polar surface area (TPSA) is 16.4 Å². The van der Waals surface area contributed by atoms with Crippen molar-refractivity contribution in [2.45, 2.75) is 24.7 Å². The Hall–Kier alpha value is -6.90. The quantitative estimate of drug-likeness (QED) is 0.175. The molecule has 4 aliphatic rings. The molecule has 270 valence electrons. The van der Waals surface area contributed by atoms with Crippen molar-refractivity contribution in [3.05, 3.63) is 233 Å². The smallest absolute Gasteiger partial charge is 0.142 e. The number of hydrogen-bond donors (Lipinski definition) is 0. The largest absolute Gasteiger partial charge is 0.455 e. The number of rotatable bonds is 5. The van der Waals surface area contributed by atoms with Crippen LogP contribution in [0, 0.1) is 5.92 Å². The van der Waals surface area contributed by atoms with Gasteiger partial charge in [-0.3, -0.25) is 0 Å². The minimum absolute atomic E-state index is 0.0253. The van der Waals surface area contributed by atoms with Crippen LogP contribution in [0.5, 0.6) is 0 Å². The lowest BCUT2D eigenvalue weighted by Crippen LogP contribution is -2.31. The average Bonchev–Trinajstić information content (AvgIpc) is 4.05. The van der Waals surface area contributed by atoms with Gasteiger partial charge >= 0.3 is 0 Å². The van der Waals surface area contributed by atoms with Crippen LogP contribution in [0.1, 0.15) is 47.2 Å². The van der Waals surface area contributed by atoms with Gasteiger partial charge in [-0.1, -0.05) is 178 Å². The van der Waals surface area contributed by atoms with Crippen molar-refractivity contribution in [3.8, 4) is 44.9 Å². The van der Waals surface area contributed by atoms with Gasteiger partial charge in [0.15, 0.2) is 0 Å². The first-order valence-electron chi connectivity index (χ1n) is 20.1. The van der Waals surface area contributed by atoms with Crippen molar-refractivity contribution >= 4 is 16.9 Å². The minimum atomic E-state index is -0.512. The van der Waals surface area contributed by atoms with Gasteiger partial charge in [0.2, 0.25) is 0 Å². The van der Waals surface area contributed by atoms with E-state index < -0.39 is 5.41 Å². The van der Waals surface area contributed by atoms with Crippen molar-refractivity contribution in [3.63, 3.8) is 0 Å². The van der Waals surface area contributed by atoms with Crippen LogP contribution in [-0.2, 0) is 10.8 Å². The highest BCUT2D eigenvalue weighted by Gasteiger charge is 2.60. The van der Waals surface area contributed by atoms with Crippen LogP contribution in [0.25, 0.3) is 50.5 Å². The molecule has 0 N–H and O–H groups in total. The van der Waals surface area contributed by atoms with Crippen LogP contribution < -0.4 is 4.90 Å². The zero-order chi connectivity index (χ0) is 37.9. The zero-order valence-electron chi connectivity index (χ0n) is 31.9. The van der Waals surface area contributed by atoms with Crippen molar-refractivity contribution in [2.24, 2.45) is 5.92 Å². The SMILES string of the molecule is CC1(C)c2ccccc2-c2ccc(N(C3=CC4C(=C3)c3ccccc3C43c4ccccc4-c4c(-c5ccccc5)oc(-c5ccccc5)c43)c3ccccc3)cc21. The predicted molar refractivity (Wildman–Crippen MR) is 233 cm³/mol. The molecule has 4 aliphatic carbocycles. The van der Waals surface area contributed by atoms with E-state index in [0.717, 1.165) is 28.3 Å². The number of fused-ring (bicyclic) bond motifs is 13. The van der Waals surface area contributed by atoms with Crippen LogP contribution in [0.15, 0.2) is 204 Å². The molecule has 57 heavy (non-hydrogen) atoms. The maximum absolute atomic E-state index is 7.22. The Balaban J connectivity index is 1.12. The maximum atomic E-state index is 7.22. The summed E-state index contributed by atoms with van der Waals surface area (Å²) in [5.74, 6) is 1.90. The average molecular weight is 730 g/mol. The van der Waals surface area contributed by atoms with Crippen LogP contribution in [0.4, 0.5) is 11.4 Å². The number of anilines is 2. The van der Waals surface area contributed by atoms with E-state index >= 15 is 0 Å². The zero-order valence-corrected chi connectivity index (χ0v) is 31.9. The first-order valence-corrected chi connectivity index (χ1v) is 20.1. The highest BCUT2D eigenvalue weighted by molar-refractivity contribution is 6.02. The molecule has 2 unspecified atom stereocenters. The molecule has 0 bridgehead atoms. The number of allylic oxidation sites excluding steroid dienone is 3. The first-order chi connectivity index (χ1) is 28.0. The summed E-state index contributed by atoms with van der Waals surface area (Å²) in [4.78, 5) is 2.48. The Labute approximate surface area is 333 Å². The summed E-state index contributed by atoms with van der Waals surface area (Å²) in [6.45, 7) is 4.73. The summed E-state index contributed by atoms with van der Waals surface area (Å²) in [6, 6.07) is 66.5. The molecule has 0 radical (unpaired) electrons. The molecular formula is C55H39NO. The summed E-state index contributed by atoms with van der Waals surface area (Å²) < 4.78 is 7.22. The second kappa shape index (κ2) is 11.8. The van der Waals surface area contributed by atoms with E-state index in [9.17, 15) is 0 Å². The number of nitrogens with zero attached hydrogens (tertiary/aromatic N) is 1. The first kappa shape index (κ1) is 32.4. The van der Waals surface area contributed by atoms with Gasteiger partial charge in [-0.15, -0.1) is 0 Å². The van der Waals surface area contributed by atoms with Gasteiger partial charge in [0.25, 0.3) is 0 Å². The van der Waals surface area contributed by atoms with E-state index in [-0.39, 0.29) is 11.3 Å². The Morgan fingerprint density at radius 2 is 1.02 bits per heavy atom. The molecule has 7 aromatic carbocycles. The molecule has 0 saturated carbocycles. The van der Waals surface area contributed by atoms with Crippen LogP contribution in [-0.4, -0.2) is 0 Å². The van der Waals surface area contributed by atoms with E-state index in [0.29, 0.717) is 0 Å². The third kappa shape index (κ3) is 4.30. The highest BCUT2D eigenvalue weighted by Crippen LogP contribution is 2.69. The standard InChI is InChI=1S/C55H39NO/c1-54(2)45-27-15-12-24-40(45)42-31-30-38(33-48(42)54)56(37-22-10-5-11-23-37)39-32-44-41-25-13-16-28-46(41)55(49(44)34-39)47-29-17-14-26-43(47)50-51(55)53(36-20-8-4-9-21-36)57-52(50)35-18-6-3-7-19-35/h3-34,49H,1-2H3. The van der Waals surface area contributed by atoms with Crippen LogP contribution >= 0.6 is 0 Å². The molecular weight excluding hydrogens is 691 g/mol. The number of hydrogen-bond acceptors (Lipinski definition) is 2. The normalized spacial score (nSPS) is 18.6. The number of para-hydroxylation sites is 1. The molecule has 1 aromatic heterocycles. The number of furan rings is 1.